The fourth-order valence-electron chi connectivity index (χ4n) is 3.25. The van der Waals surface area contributed by atoms with E-state index in [1.54, 1.807) is 4.90 Å². The van der Waals surface area contributed by atoms with Crippen molar-refractivity contribution in [1.82, 2.24) is 15.0 Å². The number of amides is 1. The number of aromatic nitrogens is 2. The van der Waals surface area contributed by atoms with E-state index < -0.39 is 0 Å². The van der Waals surface area contributed by atoms with Crippen LogP contribution >= 0.6 is 0 Å². The molecule has 3 aromatic rings. The number of halogens is 1. The second kappa shape index (κ2) is 8.03. The number of hydrogen-bond acceptors (Lipinski definition) is 5. The van der Waals surface area contributed by atoms with Crippen LogP contribution in [0.3, 0.4) is 0 Å². The van der Waals surface area contributed by atoms with Gasteiger partial charge in [0.05, 0.1) is 6.54 Å². The van der Waals surface area contributed by atoms with Crippen LogP contribution in [0.4, 0.5) is 4.39 Å². The predicted molar refractivity (Wildman–Crippen MR) is 105 cm³/mol. The van der Waals surface area contributed by atoms with Crippen LogP contribution in [0.15, 0.2) is 53.1 Å². The van der Waals surface area contributed by atoms with Gasteiger partial charge in [-0.15, -0.1) is 0 Å². The highest BCUT2D eigenvalue weighted by atomic mass is 19.1. The fraction of sp³-hybridized carbons (Fsp3) is 0.318. The van der Waals surface area contributed by atoms with Gasteiger partial charge in [0.15, 0.2) is 0 Å². The van der Waals surface area contributed by atoms with Gasteiger partial charge >= 0.3 is 0 Å². The van der Waals surface area contributed by atoms with Gasteiger partial charge in [0.25, 0.3) is 5.91 Å². The van der Waals surface area contributed by atoms with Crippen LogP contribution in [0.2, 0.25) is 0 Å². The van der Waals surface area contributed by atoms with Crippen LogP contribution in [-0.2, 0) is 0 Å². The lowest BCUT2D eigenvalue weighted by Gasteiger charge is -2.17. The molecule has 1 unspecified atom stereocenters. The zero-order valence-electron chi connectivity index (χ0n) is 16.3. The fourth-order valence-corrected chi connectivity index (χ4v) is 3.25. The molecule has 2 heterocycles. The number of likely N-dealkylation sites (tertiary alicyclic amines) is 1. The van der Waals surface area contributed by atoms with Crippen molar-refractivity contribution in [3.05, 3.63) is 65.8 Å². The minimum absolute atomic E-state index is 0.0806. The average Bonchev–Trinajstić information content (AvgIpc) is 3.39. The molecule has 1 aromatic heterocycles. The quantitative estimate of drug-likeness (QED) is 0.645. The molecule has 29 heavy (non-hydrogen) atoms. The molecule has 1 aliphatic heterocycles. The monoisotopic (exact) mass is 395 g/mol. The summed E-state index contributed by atoms with van der Waals surface area (Å²) in [7, 11) is 0. The van der Waals surface area contributed by atoms with Crippen molar-refractivity contribution in [2.24, 2.45) is 0 Å². The summed E-state index contributed by atoms with van der Waals surface area (Å²) in [5, 5.41) is 4.01. The van der Waals surface area contributed by atoms with Crippen LogP contribution in [0.1, 0.15) is 42.4 Å². The largest absolute Gasteiger partial charge is 0.489 e. The van der Waals surface area contributed by atoms with Crippen molar-refractivity contribution in [3.63, 3.8) is 0 Å². The van der Waals surface area contributed by atoms with Crippen molar-refractivity contribution >= 4 is 5.91 Å². The summed E-state index contributed by atoms with van der Waals surface area (Å²) in [5.41, 5.74) is 1.34. The number of ether oxygens (including phenoxy) is 1. The summed E-state index contributed by atoms with van der Waals surface area (Å²) in [5.74, 6) is 1.61. The highest BCUT2D eigenvalue weighted by Crippen LogP contribution is 2.24. The smallest absolute Gasteiger partial charge is 0.253 e. The molecule has 7 heteroatoms. The molecule has 0 N–H and O–H groups in total. The van der Waals surface area contributed by atoms with Gasteiger partial charge < -0.3 is 14.2 Å². The van der Waals surface area contributed by atoms with E-state index in [0.29, 0.717) is 30.4 Å². The SMILES string of the molecule is CC(C)c1nc(-c2ccc(OC3CCN(C(=O)c4ccc(F)cc4)C3)cc2)no1. The number of benzene rings is 2. The zero-order valence-corrected chi connectivity index (χ0v) is 16.3. The molecule has 1 aliphatic rings. The number of carbonyl (C=O) groups excluding carboxylic acids is 1. The van der Waals surface area contributed by atoms with E-state index in [1.807, 2.05) is 38.1 Å². The molecule has 150 valence electrons. The number of carbonyl (C=O) groups is 1. The Hall–Kier alpha value is -3.22. The summed E-state index contributed by atoms with van der Waals surface area (Å²) >= 11 is 0. The van der Waals surface area contributed by atoms with Gasteiger partial charge in [-0.25, -0.2) is 4.39 Å². The molecule has 0 spiro atoms. The van der Waals surface area contributed by atoms with Crippen LogP contribution in [-0.4, -0.2) is 40.1 Å². The molecule has 1 fully saturated rings. The first-order chi connectivity index (χ1) is 14.0. The van der Waals surface area contributed by atoms with Crippen molar-refractivity contribution < 1.29 is 18.4 Å². The maximum absolute atomic E-state index is 13.0. The lowest BCUT2D eigenvalue weighted by molar-refractivity contribution is 0.0772. The Bertz CT molecular complexity index is 983. The molecule has 1 atom stereocenters. The van der Waals surface area contributed by atoms with Crippen molar-refractivity contribution in [2.75, 3.05) is 13.1 Å². The third-order valence-electron chi connectivity index (χ3n) is 4.87. The number of nitrogens with zero attached hydrogens (tertiary/aromatic N) is 3. The van der Waals surface area contributed by atoms with Gasteiger partial charge in [0, 0.05) is 30.0 Å². The van der Waals surface area contributed by atoms with Crippen LogP contribution in [0, 0.1) is 5.82 Å². The Morgan fingerprint density at radius 2 is 1.90 bits per heavy atom. The average molecular weight is 395 g/mol. The molecule has 6 nitrogen and oxygen atoms in total. The third kappa shape index (κ3) is 4.29. The first-order valence-electron chi connectivity index (χ1n) is 9.65. The molecule has 0 radical (unpaired) electrons. The van der Waals surface area contributed by atoms with Crippen LogP contribution in [0.25, 0.3) is 11.4 Å². The third-order valence-corrected chi connectivity index (χ3v) is 4.87. The number of hydrogen-bond donors (Lipinski definition) is 0. The molecule has 0 saturated carbocycles. The standard InChI is InChI=1S/C22H22FN3O3/c1-14(2)21-24-20(25-29-21)15-5-9-18(10-6-15)28-19-11-12-26(13-19)22(27)16-3-7-17(23)8-4-16/h3-10,14,19H,11-13H2,1-2H3. The van der Waals surface area contributed by atoms with E-state index in [9.17, 15) is 9.18 Å². The lowest BCUT2D eigenvalue weighted by Crippen LogP contribution is -2.30. The predicted octanol–water partition coefficient (Wildman–Crippen LogP) is 4.29. The molecule has 0 aliphatic carbocycles. The second-order valence-electron chi connectivity index (χ2n) is 7.42. The second-order valence-corrected chi connectivity index (χ2v) is 7.42. The Kier molecular flexibility index (Phi) is 5.29. The van der Waals surface area contributed by atoms with E-state index in [4.69, 9.17) is 9.26 Å². The maximum atomic E-state index is 13.0. The Morgan fingerprint density at radius 3 is 2.55 bits per heavy atom. The summed E-state index contributed by atoms with van der Waals surface area (Å²) in [4.78, 5) is 18.7. The topological polar surface area (TPSA) is 68.5 Å². The molecule has 0 bridgehead atoms. The highest BCUT2D eigenvalue weighted by Gasteiger charge is 2.28. The van der Waals surface area contributed by atoms with E-state index in [2.05, 4.69) is 10.1 Å². The minimum atomic E-state index is -0.353. The normalized spacial score (nSPS) is 16.4. The van der Waals surface area contributed by atoms with Gasteiger partial charge in [-0.2, -0.15) is 4.98 Å². The minimum Gasteiger partial charge on any atom is -0.489 e. The van der Waals surface area contributed by atoms with Crippen LogP contribution in [0.5, 0.6) is 5.75 Å². The molecular weight excluding hydrogens is 373 g/mol. The van der Waals surface area contributed by atoms with E-state index in [1.165, 1.54) is 24.3 Å². The van der Waals surface area contributed by atoms with Crippen molar-refractivity contribution in [1.29, 1.82) is 0 Å². The molecule has 1 amide bonds. The lowest BCUT2D eigenvalue weighted by atomic mass is 10.2. The van der Waals surface area contributed by atoms with Crippen molar-refractivity contribution in [2.45, 2.75) is 32.3 Å². The summed E-state index contributed by atoms with van der Waals surface area (Å²) in [6, 6.07) is 13.1. The summed E-state index contributed by atoms with van der Waals surface area (Å²) < 4.78 is 24.3. The zero-order chi connectivity index (χ0) is 20.4. The van der Waals surface area contributed by atoms with Gasteiger partial charge in [-0.1, -0.05) is 19.0 Å². The van der Waals surface area contributed by atoms with Gasteiger partial charge in [0.1, 0.15) is 17.7 Å². The van der Waals surface area contributed by atoms with Gasteiger partial charge in [-0.3, -0.25) is 4.79 Å². The molecule has 1 saturated heterocycles. The molecular formula is C22H22FN3O3. The van der Waals surface area contributed by atoms with E-state index in [0.717, 1.165) is 17.7 Å². The highest BCUT2D eigenvalue weighted by molar-refractivity contribution is 5.94. The Balaban J connectivity index is 1.36. The molecule has 4 rings (SSSR count). The Labute approximate surface area is 168 Å². The van der Waals surface area contributed by atoms with Crippen molar-refractivity contribution in [3.8, 4) is 17.1 Å². The van der Waals surface area contributed by atoms with Gasteiger partial charge in [0.2, 0.25) is 11.7 Å². The maximum Gasteiger partial charge on any atom is 0.253 e. The van der Waals surface area contributed by atoms with E-state index >= 15 is 0 Å². The summed E-state index contributed by atoms with van der Waals surface area (Å²) in [6.07, 6.45) is 0.667. The molecule has 2 aromatic carbocycles. The first-order valence-corrected chi connectivity index (χ1v) is 9.65. The first kappa shape index (κ1) is 19.1. The van der Waals surface area contributed by atoms with Gasteiger partial charge in [-0.05, 0) is 48.5 Å². The number of rotatable bonds is 5. The van der Waals surface area contributed by atoms with E-state index in [-0.39, 0.29) is 23.7 Å². The van der Waals surface area contributed by atoms with Crippen LogP contribution < -0.4 is 4.74 Å². The Morgan fingerprint density at radius 1 is 1.17 bits per heavy atom. The summed E-state index contributed by atoms with van der Waals surface area (Å²) in [6.45, 7) is 5.11.